The van der Waals surface area contributed by atoms with Gasteiger partial charge in [-0.2, -0.15) is 0 Å². The van der Waals surface area contributed by atoms with Crippen LogP contribution in [0.2, 0.25) is 0 Å². The first kappa shape index (κ1) is 13.0. The van der Waals surface area contributed by atoms with Gasteiger partial charge in [0.25, 0.3) is 0 Å². The molecule has 0 aliphatic heterocycles. The third-order valence-corrected chi connectivity index (χ3v) is 3.24. The topological polar surface area (TPSA) is 52.3 Å². The summed E-state index contributed by atoms with van der Waals surface area (Å²) in [5, 5.41) is 0. The number of nitrogens with two attached hydrogens (primary N) is 1. The number of hydrogen-bond acceptors (Lipinski definition) is 3. The Hall–Kier alpha value is -1.42. The fraction of sp³-hybridized carbons (Fsp3) is 0.500. The second kappa shape index (κ2) is 5.48. The summed E-state index contributed by atoms with van der Waals surface area (Å²) in [5.41, 5.74) is 6.69. The highest BCUT2D eigenvalue weighted by Gasteiger charge is 2.30. The lowest BCUT2D eigenvalue weighted by molar-refractivity contribution is -0.118. The molecule has 1 aromatic carbocycles. The smallest absolute Gasteiger partial charge is 0.146 e. The fourth-order valence-corrected chi connectivity index (χ4v) is 1.89. The van der Waals surface area contributed by atoms with E-state index in [2.05, 4.69) is 0 Å². The van der Waals surface area contributed by atoms with Gasteiger partial charge in [-0.1, -0.05) is 12.1 Å². The second-order valence-electron chi connectivity index (χ2n) is 4.87. The Morgan fingerprint density at radius 3 is 2.56 bits per heavy atom. The van der Waals surface area contributed by atoms with E-state index < -0.39 is 12.2 Å². The van der Waals surface area contributed by atoms with Gasteiger partial charge < -0.3 is 10.5 Å². The molecule has 0 amide bonds. The molecule has 2 N–H and O–H groups in total. The largest absolute Gasteiger partial charge is 0.490 e. The minimum Gasteiger partial charge on any atom is -0.490 e. The van der Waals surface area contributed by atoms with E-state index in [9.17, 15) is 9.18 Å². The molecule has 0 unspecified atom stereocenters. The number of Topliss-reactive ketones (excluding diaryl/α,β-unsaturated/α-hetero) is 1. The predicted molar refractivity (Wildman–Crippen MR) is 67.3 cm³/mol. The van der Waals surface area contributed by atoms with Crippen LogP contribution in [0.4, 0.5) is 4.39 Å². The molecule has 2 rings (SSSR count). The van der Waals surface area contributed by atoms with E-state index in [-0.39, 0.29) is 11.9 Å². The van der Waals surface area contributed by atoms with Gasteiger partial charge >= 0.3 is 0 Å². The Kier molecular flexibility index (Phi) is 3.97. The van der Waals surface area contributed by atoms with Gasteiger partial charge in [0.15, 0.2) is 0 Å². The first-order valence-electron chi connectivity index (χ1n) is 6.20. The van der Waals surface area contributed by atoms with E-state index in [1.165, 1.54) is 6.92 Å². The molecule has 0 saturated heterocycles. The van der Waals surface area contributed by atoms with E-state index in [0.717, 1.165) is 11.3 Å². The zero-order chi connectivity index (χ0) is 13.1. The summed E-state index contributed by atoms with van der Waals surface area (Å²) in [5.74, 6) is 0.728. The van der Waals surface area contributed by atoms with Crippen LogP contribution < -0.4 is 10.5 Å². The van der Waals surface area contributed by atoms with Crippen molar-refractivity contribution in [1.29, 1.82) is 0 Å². The van der Waals surface area contributed by atoms with Crippen LogP contribution in [0, 0.1) is 0 Å². The summed E-state index contributed by atoms with van der Waals surface area (Å²) in [6, 6.07) is 7.02. The molecule has 98 valence electrons. The van der Waals surface area contributed by atoms with Crippen molar-refractivity contribution in [3.8, 4) is 5.75 Å². The quantitative estimate of drug-likeness (QED) is 0.870. The Labute approximate surface area is 106 Å². The van der Waals surface area contributed by atoms with Crippen molar-refractivity contribution in [2.24, 2.45) is 5.73 Å². The highest BCUT2D eigenvalue weighted by atomic mass is 18.2. The lowest BCUT2D eigenvalue weighted by atomic mass is 9.93. The molecular formula is C14H18FNO2. The van der Waals surface area contributed by atoms with Crippen molar-refractivity contribution in [3.05, 3.63) is 29.8 Å². The van der Waals surface area contributed by atoms with Crippen LogP contribution in [-0.4, -0.2) is 24.1 Å². The molecular weight excluding hydrogens is 232 g/mol. The SMILES string of the molecule is CC(=O)[C@@H](N)Cc1ccc(O[C@H]2C[C@@H]([18F])C2)cc1. The van der Waals surface area contributed by atoms with Crippen molar-refractivity contribution in [2.75, 3.05) is 0 Å². The second-order valence-corrected chi connectivity index (χ2v) is 4.87. The van der Waals surface area contributed by atoms with Crippen molar-refractivity contribution in [3.63, 3.8) is 0 Å². The molecule has 4 heteroatoms. The maximum absolute atomic E-state index is 12.6. The normalized spacial score (nSPS) is 24.2. The molecule has 1 aliphatic carbocycles. The fourth-order valence-electron chi connectivity index (χ4n) is 1.89. The number of alkyl halides is 1. The molecule has 0 radical (unpaired) electrons. The number of carbonyl (C=O) groups excluding carboxylic acids is 1. The van der Waals surface area contributed by atoms with Gasteiger partial charge in [-0.3, -0.25) is 4.79 Å². The number of carbonyl (C=O) groups is 1. The lowest BCUT2D eigenvalue weighted by Crippen LogP contribution is -2.34. The summed E-state index contributed by atoms with van der Waals surface area (Å²) in [6.45, 7) is 1.49. The number of hydrogen-bond donors (Lipinski definition) is 1. The van der Waals surface area contributed by atoms with Crippen LogP contribution in [0.15, 0.2) is 24.3 Å². The summed E-state index contributed by atoms with van der Waals surface area (Å²) in [4.78, 5) is 11.1. The van der Waals surface area contributed by atoms with Crippen molar-refractivity contribution >= 4 is 5.78 Å². The zero-order valence-electron chi connectivity index (χ0n) is 10.4. The molecule has 0 heterocycles. The van der Waals surface area contributed by atoms with Crippen LogP contribution in [-0.2, 0) is 11.2 Å². The van der Waals surface area contributed by atoms with Crippen molar-refractivity contribution < 1.29 is 13.9 Å². The van der Waals surface area contributed by atoms with Gasteiger partial charge in [0, 0.05) is 12.8 Å². The average Bonchev–Trinajstić information content (AvgIpc) is 2.29. The monoisotopic (exact) mass is 250 g/mol. The standard InChI is InChI=1S/C14H18FNO2/c1-9(17)14(16)6-10-2-4-12(5-3-10)18-13-7-11(15)8-13/h2-5,11,13-14H,6-8,16H2,1H3/t11-,13+,14-/m0/s1/i15-1. The van der Waals surface area contributed by atoms with E-state index in [1.54, 1.807) is 0 Å². The van der Waals surface area contributed by atoms with Gasteiger partial charge in [0.05, 0.1) is 6.04 Å². The van der Waals surface area contributed by atoms with Crippen molar-refractivity contribution in [1.82, 2.24) is 0 Å². The number of benzene rings is 1. The first-order chi connectivity index (χ1) is 8.54. The van der Waals surface area contributed by atoms with Crippen molar-refractivity contribution in [2.45, 2.75) is 44.5 Å². The molecule has 0 spiro atoms. The molecule has 18 heavy (non-hydrogen) atoms. The molecule has 1 atom stereocenters. The summed E-state index contributed by atoms with van der Waals surface area (Å²) >= 11 is 0. The van der Waals surface area contributed by atoms with Crippen LogP contribution in [0.25, 0.3) is 0 Å². The van der Waals surface area contributed by atoms with Crippen LogP contribution >= 0.6 is 0 Å². The van der Waals surface area contributed by atoms with Crippen LogP contribution in [0.5, 0.6) is 5.75 Å². The third-order valence-electron chi connectivity index (χ3n) is 3.24. The van der Waals surface area contributed by atoms with Gasteiger partial charge in [0.2, 0.25) is 0 Å². The van der Waals surface area contributed by atoms with Gasteiger partial charge in [0.1, 0.15) is 23.8 Å². The van der Waals surface area contributed by atoms with Gasteiger partial charge in [-0.15, -0.1) is 0 Å². The van der Waals surface area contributed by atoms with Crippen LogP contribution in [0.3, 0.4) is 0 Å². The molecule has 0 bridgehead atoms. The minimum atomic E-state index is -0.706. The van der Waals surface area contributed by atoms with E-state index in [4.69, 9.17) is 10.5 Å². The van der Waals surface area contributed by atoms with Gasteiger partial charge in [-0.05, 0) is 31.0 Å². The zero-order valence-corrected chi connectivity index (χ0v) is 10.4. The van der Waals surface area contributed by atoms with E-state index >= 15 is 0 Å². The molecule has 3 nitrogen and oxygen atoms in total. The number of rotatable bonds is 5. The Bertz CT molecular complexity index is 412. The highest BCUT2D eigenvalue weighted by Crippen LogP contribution is 2.28. The Morgan fingerprint density at radius 2 is 2.06 bits per heavy atom. The highest BCUT2D eigenvalue weighted by molar-refractivity contribution is 5.81. The van der Waals surface area contributed by atoms with Crippen LogP contribution in [0.1, 0.15) is 25.3 Å². The summed E-state index contributed by atoms with van der Waals surface area (Å²) in [6.07, 6.45) is 0.799. The maximum atomic E-state index is 12.6. The number of halogens is 1. The average molecular weight is 250 g/mol. The Balaban J connectivity index is 1.87. The van der Waals surface area contributed by atoms with Gasteiger partial charge in [-0.25, -0.2) is 4.39 Å². The Morgan fingerprint density at radius 1 is 1.44 bits per heavy atom. The molecule has 1 aliphatic rings. The summed E-state index contributed by atoms with van der Waals surface area (Å²) in [7, 11) is 0. The molecule has 0 aromatic heterocycles. The molecule has 1 fully saturated rings. The molecule has 1 saturated carbocycles. The first-order valence-corrected chi connectivity index (χ1v) is 6.20. The maximum Gasteiger partial charge on any atom is 0.146 e. The number of ether oxygens (including phenoxy) is 1. The van der Waals surface area contributed by atoms with E-state index in [0.29, 0.717) is 19.3 Å². The minimum absolute atomic E-state index is 0.00493. The predicted octanol–water partition coefficient (Wildman–Crippen LogP) is 2.02. The molecule has 1 aromatic rings. The summed E-state index contributed by atoms with van der Waals surface area (Å²) < 4.78 is 18.2. The lowest BCUT2D eigenvalue weighted by Gasteiger charge is -2.30. The number of ketones is 1. The van der Waals surface area contributed by atoms with E-state index in [1.807, 2.05) is 24.3 Å². The third kappa shape index (κ3) is 3.29.